The molecule has 7 heteroatoms. The molecule has 0 saturated heterocycles. The number of amides is 1. The summed E-state index contributed by atoms with van der Waals surface area (Å²) in [7, 11) is 1.72. The van der Waals surface area contributed by atoms with Crippen LogP contribution in [0.25, 0.3) is 10.6 Å². The van der Waals surface area contributed by atoms with Gasteiger partial charge in [0, 0.05) is 7.05 Å². The Kier molecular flexibility index (Phi) is 7.89. The van der Waals surface area contributed by atoms with Crippen molar-refractivity contribution in [2.45, 2.75) is 58.3 Å². The first kappa shape index (κ1) is 23.6. The number of carbonyl (C=O) groups is 1. The molecule has 3 aromatic rings. The van der Waals surface area contributed by atoms with Crippen molar-refractivity contribution in [3.63, 3.8) is 0 Å². The van der Waals surface area contributed by atoms with Gasteiger partial charge in [-0.2, -0.15) is 0 Å². The third-order valence-corrected chi connectivity index (χ3v) is 7.15. The summed E-state index contributed by atoms with van der Waals surface area (Å²) in [5.74, 6) is 0.844. The van der Waals surface area contributed by atoms with Crippen LogP contribution < -0.4 is 4.74 Å². The van der Waals surface area contributed by atoms with Crippen molar-refractivity contribution in [1.82, 2.24) is 9.88 Å². The summed E-state index contributed by atoms with van der Waals surface area (Å²) in [6.45, 7) is 2.60. The molecule has 0 radical (unpaired) electrons. The maximum absolute atomic E-state index is 12.5. The van der Waals surface area contributed by atoms with Crippen molar-refractivity contribution >= 4 is 29.0 Å². The lowest BCUT2D eigenvalue weighted by Crippen LogP contribution is -2.26. The number of hydrogen-bond acceptors (Lipinski definition) is 5. The van der Waals surface area contributed by atoms with Gasteiger partial charge in [0.1, 0.15) is 12.4 Å². The topological polar surface area (TPSA) is 51.7 Å². The Bertz CT molecular complexity index is 1080. The lowest BCUT2D eigenvalue weighted by atomic mass is 9.98. The van der Waals surface area contributed by atoms with E-state index in [1.165, 1.54) is 30.6 Å². The summed E-state index contributed by atoms with van der Waals surface area (Å²) in [5, 5.41) is 0. The lowest BCUT2D eigenvalue weighted by molar-refractivity contribution is 0.103. The number of halogens is 1. The molecule has 5 nitrogen and oxygen atoms in total. The number of hydrogen-bond donors (Lipinski definition) is 0. The van der Waals surface area contributed by atoms with Gasteiger partial charge in [-0.3, -0.25) is 0 Å². The smallest absolute Gasteiger partial charge is 0.410 e. The number of pyridine rings is 1. The summed E-state index contributed by atoms with van der Waals surface area (Å²) in [6, 6.07) is 15.5. The molecule has 1 aliphatic carbocycles. The highest BCUT2D eigenvalue weighted by atomic mass is 35.5. The second-order valence-electron chi connectivity index (χ2n) is 8.46. The third kappa shape index (κ3) is 6.27. The fourth-order valence-corrected chi connectivity index (χ4v) is 5.27. The Morgan fingerprint density at radius 2 is 1.91 bits per heavy atom. The van der Waals surface area contributed by atoms with Crippen molar-refractivity contribution in [3.8, 4) is 16.3 Å². The number of benzene rings is 1. The molecule has 1 aromatic carbocycles. The van der Waals surface area contributed by atoms with E-state index in [4.69, 9.17) is 26.1 Å². The van der Waals surface area contributed by atoms with E-state index in [0.717, 1.165) is 46.0 Å². The first-order valence-electron chi connectivity index (χ1n) is 11.3. The van der Waals surface area contributed by atoms with Gasteiger partial charge >= 0.3 is 6.09 Å². The van der Waals surface area contributed by atoms with Crippen LogP contribution in [0.4, 0.5) is 4.79 Å². The maximum Gasteiger partial charge on any atom is 0.410 e. The molecule has 0 unspecified atom stereocenters. The Morgan fingerprint density at radius 1 is 1.15 bits per heavy atom. The first-order valence-corrected chi connectivity index (χ1v) is 12.5. The number of rotatable bonds is 7. The second kappa shape index (κ2) is 11.0. The zero-order chi connectivity index (χ0) is 23.2. The summed E-state index contributed by atoms with van der Waals surface area (Å²) in [5.41, 5.74) is 3.59. The van der Waals surface area contributed by atoms with Crippen LogP contribution in [0.3, 0.4) is 0 Å². The molecule has 1 amide bonds. The highest BCUT2D eigenvalue weighted by Crippen LogP contribution is 2.37. The Hall–Kier alpha value is -2.57. The van der Waals surface area contributed by atoms with Crippen LogP contribution >= 0.6 is 22.9 Å². The van der Waals surface area contributed by atoms with Crippen molar-refractivity contribution < 1.29 is 14.3 Å². The Balaban J connectivity index is 1.43. The predicted octanol–water partition coefficient (Wildman–Crippen LogP) is 7.25. The van der Waals surface area contributed by atoms with Crippen LogP contribution in [0.2, 0.25) is 4.34 Å². The second-order valence-corrected chi connectivity index (χ2v) is 10.1. The molecule has 0 aliphatic heterocycles. The number of thiophene rings is 1. The summed E-state index contributed by atoms with van der Waals surface area (Å²) in [4.78, 5) is 19.8. The van der Waals surface area contributed by atoms with Crippen LogP contribution in [0.5, 0.6) is 5.75 Å². The van der Waals surface area contributed by atoms with E-state index >= 15 is 0 Å². The minimum absolute atomic E-state index is 0.241. The summed E-state index contributed by atoms with van der Waals surface area (Å²) < 4.78 is 12.3. The van der Waals surface area contributed by atoms with E-state index in [1.807, 2.05) is 55.5 Å². The molecule has 0 spiro atoms. The standard InChI is InChI=1S/C26H29ClN2O3S/c1-18-23(32-21-11-7-4-8-12-21)14-13-22(28-18)25-20(15-24(27)33-25)16-29(2)26(30)31-17-19-9-5-3-6-10-19/h3,5-6,9-10,13-15,21H,4,7-8,11-12,16-17H2,1-2H3. The van der Waals surface area contributed by atoms with Crippen LogP contribution in [-0.2, 0) is 17.9 Å². The van der Waals surface area contributed by atoms with Crippen molar-refractivity contribution in [1.29, 1.82) is 0 Å². The first-order chi connectivity index (χ1) is 16.0. The van der Waals surface area contributed by atoms with E-state index in [1.54, 1.807) is 11.9 Å². The average molecular weight is 485 g/mol. The van der Waals surface area contributed by atoms with Crippen LogP contribution in [-0.4, -0.2) is 29.1 Å². The molecule has 1 saturated carbocycles. The van der Waals surface area contributed by atoms with E-state index in [2.05, 4.69) is 0 Å². The molecule has 0 bridgehead atoms. The summed E-state index contributed by atoms with van der Waals surface area (Å²) in [6.07, 6.45) is 5.88. The van der Waals surface area contributed by atoms with Gasteiger partial charge in [-0.05, 0) is 61.9 Å². The van der Waals surface area contributed by atoms with Crippen LogP contribution in [0.1, 0.15) is 48.9 Å². The minimum atomic E-state index is -0.382. The molecule has 33 heavy (non-hydrogen) atoms. The number of carbonyl (C=O) groups excluding carboxylic acids is 1. The van der Waals surface area contributed by atoms with Gasteiger partial charge in [-0.1, -0.05) is 48.4 Å². The van der Waals surface area contributed by atoms with Crippen molar-refractivity contribution in [2.24, 2.45) is 0 Å². The zero-order valence-corrected chi connectivity index (χ0v) is 20.6. The molecular formula is C26H29ClN2O3S. The molecule has 174 valence electrons. The van der Waals surface area contributed by atoms with Crippen molar-refractivity contribution in [3.05, 3.63) is 69.7 Å². The molecule has 2 heterocycles. The molecule has 1 fully saturated rings. The SMILES string of the molecule is Cc1nc(-c2sc(Cl)cc2CN(C)C(=O)OCc2ccccc2)ccc1OC1CCCCC1. The van der Waals surface area contributed by atoms with E-state index in [9.17, 15) is 4.79 Å². The monoisotopic (exact) mass is 484 g/mol. The predicted molar refractivity (Wildman–Crippen MR) is 133 cm³/mol. The average Bonchev–Trinajstić information content (AvgIpc) is 3.20. The normalized spacial score (nSPS) is 14.2. The highest BCUT2D eigenvalue weighted by molar-refractivity contribution is 7.19. The van der Waals surface area contributed by atoms with E-state index in [0.29, 0.717) is 10.9 Å². The number of nitrogens with zero attached hydrogens (tertiary/aromatic N) is 2. The molecule has 0 N–H and O–H groups in total. The highest BCUT2D eigenvalue weighted by Gasteiger charge is 2.19. The molecular weight excluding hydrogens is 456 g/mol. The number of aryl methyl sites for hydroxylation is 1. The number of ether oxygens (including phenoxy) is 2. The van der Waals surface area contributed by atoms with E-state index < -0.39 is 0 Å². The zero-order valence-electron chi connectivity index (χ0n) is 19.1. The minimum Gasteiger partial charge on any atom is -0.489 e. The third-order valence-electron chi connectivity index (χ3n) is 5.82. The Labute approximate surface area is 204 Å². The lowest BCUT2D eigenvalue weighted by Gasteiger charge is -2.23. The van der Waals surface area contributed by atoms with Gasteiger partial charge in [0.15, 0.2) is 0 Å². The molecule has 2 aromatic heterocycles. The van der Waals surface area contributed by atoms with Gasteiger partial charge in [-0.15, -0.1) is 11.3 Å². The van der Waals surface area contributed by atoms with Gasteiger partial charge in [-0.25, -0.2) is 9.78 Å². The van der Waals surface area contributed by atoms with Gasteiger partial charge in [0.2, 0.25) is 0 Å². The van der Waals surface area contributed by atoms with E-state index in [-0.39, 0.29) is 18.8 Å². The fraction of sp³-hybridized carbons (Fsp3) is 0.385. The van der Waals surface area contributed by atoms with Gasteiger partial charge in [0.05, 0.1) is 33.3 Å². The van der Waals surface area contributed by atoms with Gasteiger partial charge in [0.25, 0.3) is 0 Å². The molecule has 1 aliphatic rings. The maximum atomic E-state index is 12.5. The fourth-order valence-electron chi connectivity index (χ4n) is 4.04. The van der Waals surface area contributed by atoms with Crippen LogP contribution in [0.15, 0.2) is 48.5 Å². The Morgan fingerprint density at radius 3 is 2.64 bits per heavy atom. The van der Waals surface area contributed by atoms with Crippen molar-refractivity contribution in [2.75, 3.05) is 7.05 Å². The quantitative estimate of drug-likeness (QED) is 0.354. The van der Waals surface area contributed by atoms with Crippen LogP contribution in [0, 0.1) is 6.92 Å². The summed E-state index contributed by atoms with van der Waals surface area (Å²) >= 11 is 7.82. The largest absolute Gasteiger partial charge is 0.489 e. The van der Waals surface area contributed by atoms with Gasteiger partial charge < -0.3 is 14.4 Å². The molecule has 4 rings (SSSR count). The molecule has 0 atom stereocenters. The number of aromatic nitrogens is 1.